The van der Waals surface area contributed by atoms with Gasteiger partial charge in [0.25, 0.3) is 0 Å². The summed E-state index contributed by atoms with van der Waals surface area (Å²) in [5, 5.41) is 0. The molecule has 0 heterocycles. The van der Waals surface area contributed by atoms with Crippen LogP contribution in [0.5, 0.6) is 0 Å². The van der Waals surface area contributed by atoms with Gasteiger partial charge in [0, 0.05) is 12.0 Å². The van der Waals surface area contributed by atoms with Crippen molar-refractivity contribution in [3.05, 3.63) is 82.9 Å². The van der Waals surface area contributed by atoms with E-state index in [0.29, 0.717) is 6.42 Å². The minimum absolute atomic E-state index is 0.246. The summed E-state index contributed by atoms with van der Waals surface area (Å²) >= 11 is 0. The zero-order valence-corrected chi connectivity index (χ0v) is 11.3. The van der Waals surface area contributed by atoms with E-state index in [2.05, 4.69) is 18.2 Å². The summed E-state index contributed by atoms with van der Waals surface area (Å²) in [6.45, 7) is 0. The van der Waals surface area contributed by atoms with Gasteiger partial charge in [-0.1, -0.05) is 66.7 Å². The summed E-state index contributed by atoms with van der Waals surface area (Å²) < 4.78 is 0. The predicted molar refractivity (Wildman–Crippen MR) is 83.1 cm³/mol. The van der Waals surface area contributed by atoms with Gasteiger partial charge in [-0.15, -0.1) is 0 Å². The first-order chi connectivity index (χ1) is 9.83. The lowest BCUT2D eigenvalue weighted by molar-refractivity contribution is -0.114. The predicted octanol–water partition coefficient (Wildman–Crippen LogP) is 4.52. The van der Waals surface area contributed by atoms with Crippen LogP contribution in [0.4, 0.5) is 0 Å². The van der Waals surface area contributed by atoms with Crippen LogP contribution in [0.2, 0.25) is 0 Å². The highest BCUT2D eigenvalue weighted by Gasteiger charge is 2.22. The third kappa shape index (κ3) is 2.77. The molecule has 1 aliphatic rings. The van der Waals surface area contributed by atoms with Crippen LogP contribution in [0.1, 0.15) is 24.0 Å². The molecule has 3 rings (SSSR count). The van der Waals surface area contributed by atoms with Gasteiger partial charge in [0.15, 0.2) is 5.78 Å². The van der Waals surface area contributed by atoms with Crippen LogP contribution in [-0.2, 0) is 4.79 Å². The van der Waals surface area contributed by atoms with Gasteiger partial charge in [-0.25, -0.2) is 0 Å². The van der Waals surface area contributed by atoms with Crippen molar-refractivity contribution in [1.29, 1.82) is 0 Å². The fourth-order valence-electron chi connectivity index (χ4n) is 2.49. The molecule has 98 valence electrons. The minimum Gasteiger partial charge on any atom is -0.294 e. The van der Waals surface area contributed by atoms with E-state index in [9.17, 15) is 4.79 Å². The van der Waals surface area contributed by atoms with Crippen molar-refractivity contribution in [3.63, 3.8) is 0 Å². The topological polar surface area (TPSA) is 17.1 Å². The molecule has 0 saturated heterocycles. The number of ketones is 1. The minimum atomic E-state index is 0.246. The van der Waals surface area contributed by atoms with Gasteiger partial charge in [-0.3, -0.25) is 4.79 Å². The molecule has 0 atom stereocenters. The second kappa shape index (κ2) is 5.70. The van der Waals surface area contributed by atoms with Crippen molar-refractivity contribution in [3.8, 4) is 0 Å². The van der Waals surface area contributed by atoms with Crippen molar-refractivity contribution < 1.29 is 4.79 Å². The van der Waals surface area contributed by atoms with Crippen molar-refractivity contribution >= 4 is 17.9 Å². The van der Waals surface area contributed by atoms with Gasteiger partial charge in [0.1, 0.15) is 0 Å². The smallest absolute Gasteiger partial charge is 0.163 e. The fraction of sp³-hybridized carbons (Fsp3) is 0.105. The summed E-state index contributed by atoms with van der Waals surface area (Å²) in [5.41, 5.74) is 4.23. The van der Waals surface area contributed by atoms with E-state index in [1.54, 1.807) is 0 Å². The largest absolute Gasteiger partial charge is 0.294 e. The lowest BCUT2D eigenvalue weighted by atomic mass is 10.0. The molecule has 0 spiro atoms. The maximum absolute atomic E-state index is 12.1. The van der Waals surface area contributed by atoms with Crippen LogP contribution in [0.15, 0.2) is 71.8 Å². The molecule has 2 aromatic carbocycles. The Morgan fingerprint density at radius 2 is 1.25 bits per heavy atom. The number of rotatable bonds is 2. The number of hydrogen-bond acceptors (Lipinski definition) is 1. The van der Waals surface area contributed by atoms with Crippen LogP contribution in [-0.4, -0.2) is 5.78 Å². The second-order valence-corrected chi connectivity index (χ2v) is 4.97. The Balaban J connectivity index is 1.97. The lowest BCUT2D eigenvalue weighted by Crippen LogP contribution is -1.92. The van der Waals surface area contributed by atoms with E-state index in [4.69, 9.17) is 0 Å². The number of carbonyl (C=O) groups excluding carboxylic acids is 1. The molecule has 1 nitrogen and oxygen atoms in total. The molecule has 0 bridgehead atoms. The molecule has 0 aromatic heterocycles. The maximum atomic E-state index is 12.1. The first-order valence-corrected chi connectivity index (χ1v) is 6.89. The number of hydrogen-bond donors (Lipinski definition) is 0. The Kier molecular flexibility index (Phi) is 3.60. The van der Waals surface area contributed by atoms with Crippen LogP contribution in [0.25, 0.3) is 12.2 Å². The van der Waals surface area contributed by atoms with Crippen molar-refractivity contribution in [2.45, 2.75) is 12.8 Å². The van der Waals surface area contributed by atoms with E-state index in [-0.39, 0.29) is 5.78 Å². The van der Waals surface area contributed by atoms with E-state index in [1.165, 1.54) is 0 Å². The first kappa shape index (κ1) is 12.6. The van der Waals surface area contributed by atoms with Crippen LogP contribution in [0, 0.1) is 0 Å². The van der Waals surface area contributed by atoms with Crippen LogP contribution in [0.3, 0.4) is 0 Å². The zero-order valence-electron chi connectivity index (χ0n) is 11.3. The van der Waals surface area contributed by atoms with Gasteiger partial charge in [-0.05, 0) is 29.2 Å². The van der Waals surface area contributed by atoms with E-state index in [1.807, 2.05) is 54.6 Å². The van der Waals surface area contributed by atoms with Gasteiger partial charge < -0.3 is 0 Å². The molecular weight excluding hydrogens is 244 g/mol. The molecule has 0 radical (unpaired) electrons. The van der Waals surface area contributed by atoms with Crippen molar-refractivity contribution in [2.24, 2.45) is 0 Å². The highest BCUT2D eigenvalue weighted by molar-refractivity contribution is 6.08. The average molecular weight is 260 g/mol. The summed E-state index contributed by atoms with van der Waals surface area (Å²) in [6.07, 6.45) is 5.59. The first-order valence-electron chi connectivity index (χ1n) is 6.89. The molecule has 20 heavy (non-hydrogen) atoms. The SMILES string of the molecule is O=C1CCC(=C/c2ccccc2)/C1=C/c1ccccc1. The molecule has 0 unspecified atom stereocenters. The number of allylic oxidation sites excluding steroid dienone is 2. The second-order valence-electron chi connectivity index (χ2n) is 4.97. The van der Waals surface area contributed by atoms with E-state index < -0.39 is 0 Å². The fourth-order valence-corrected chi connectivity index (χ4v) is 2.49. The van der Waals surface area contributed by atoms with Gasteiger partial charge in [-0.2, -0.15) is 0 Å². The zero-order chi connectivity index (χ0) is 13.8. The molecule has 0 aliphatic heterocycles. The highest BCUT2D eigenvalue weighted by Crippen LogP contribution is 2.30. The van der Waals surface area contributed by atoms with E-state index in [0.717, 1.165) is 28.7 Å². The summed E-state index contributed by atoms with van der Waals surface area (Å²) in [7, 11) is 0. The van der Waals surface area contributed by atoms with Gasteiger partial charge in [0.2, 0.25) is 0 Å². The summed E-state index contributed by atoms with van der Waals surface area (Å²) in [4.78, 5) is 12.1. The molecule has 1 saturated carbocycles. The molecule has 2 aromatic rings. The average Bonchev–Trinajstić information content (AvgIpc) is 2.83. The molecular formula is C19H16O. The number of carbonyl (C=O) groups is 1. The molecule has 1 fully saturated rings. The standard InChI is InChI=1S/C19H16O/c20-19-12-11-17(13-15-7-3-1-4-8-15)18(19)14-16-9-5-2-6-10-16/h1-10,13-14H,11-12H2/b17-13-,18-14-. The molecule has 1 heteroatoms. The Morgan fingerprint density at radius 3 is 1.85 bits per heavy atom. The van der Waals surface area contributed by atoms with Gasteiger partial charge in [0.05, 0.1) is 0 Å². The quantitative estimate of drug-likeness (QED) is 0.726. The third-order valence-electron chi connectivity index (χ3n) is 3.52. The third-order valence-corrected chi connectivity index (χ3v) is 3.52. The monoisotopic (exact) mass is 260 g/mol. The Hall–Kier alpha value is -2.41. The molecule has 0 amide bonds. The van der Waals surface area contributed by atoms with Gasteiger partial charge >= 0.3 is 0 Å². The van der Waals surface area contributed by atoms with Crippen LogP contribution < -0.4 is 0 Å². The molecule has 0 N–H and O–H groups in total. The normalized spacial score (nSPS) is 18.9. The number of Topliss-reactive ketones (excluding diaryl/α,β-unsaturated/α-hetero) is 1. The van der Waals surface area contributed by atoms with Crippen LogP contribution >= 0.6 is 0 Å². The summed E-state index contributed by atoms with van der Waals surface area (Å²) in [6, 6.07) is 20.2. The Labute approximate surface area is 119 Å². The lowest BCUT2D eigenvalue weighted by Gasteiger charge is -2.01. The van der Waals surface area contributed by atoms with Crippen molar-refractivity contribution in [2.75, 3.05) is 0 Å². The highest BCUT2D eigenvalue weighted by atomic mass is 16.1. The summed E-state index contributed by atoms with van der Waals surface area (Å²) in [5.74, 6) is 0.246. The Morgan fingerprint density at radius 1 is 0.700 bits per heavy atom. The van der Waals surface area contributed by atoms with E-state index >= 15 is 0 Å². The van der Waals surface area contributed by atoms with Crippen molar-refractivity contribution in [1.82, 2.24) is 0 Å². The number of benzene rings is 2. The maximum Gasteiger partial charge on any atom is 0.163 e. The Bertz CT molecular complexity index is 663. The molecule has 1 aliphatic carbocycles.